The lowest BCUT2D eigenvalue weighted by atomic mass is 10.1. The summed E-state index contributed by atoms with van der Waals surface area (Å²) in [6.45, 7) is 4.11. The molecule has 0 saturated carbocycles. The van der Waals surface area contributed by atoms with Crippen LogP contribution in [0.25, 0.3) is 0 Å². The van der Waals surface area contributed by atoms with E-state index in [4.69, 9.17) is 4.74 Å². The number of nitrogens with zero attached hydrogens (tertiary/aromatic N) is 1. The van der Waals surface area contributed by atoms with Crippen molar-refractivity contribution in [3.05, 3.63) is 23.8 Å². The summed E-state index contributed by atoms with van der Waals surface area (Å²) in [5.41, 5.74) is 0.868. The molecule has 1 aromatic rings. The van der Waals surface area contributed by atoms with Gasteiger partial charge in [0.1, 0.15) is 10.6 Å². The van der Waals surface area contributed by atoms with Crippen LogP contribution in [0.1, 0.15) is 25.3 Å². The molecule has 0 atom stereocenters. The second-order valence-electron chi connectivity index (χ2n) is 5.53. The van der Waals surface area contributed by atoms with Crippen LogP contribution in [-0.2, 0) is 14.8 Å². The highest BCUT2D eigenvalue weighted by Gasteiger charge is 2.31. The normalized spacial score (nSPS) is 17.2. The van der Waals surface area contributed by atoms with Gasteiger partial charge in [-0.2, -0.15) is 4.31 Å². The minimum absolute atomic E-state index is 0.0448. The predicted molar refractivity (Wildman–Crippen MR) is 83.3 cm³/mol. The van der Waals surface area contributed by atoms with Crippen molar-refractivity contribution in [1.82, 2.24) is 9.62 Å². The SMILES string of the molecule is COc1ccc(C)cc1S(=O)(=O)N1CCC(NC(C)=O)CC1. The van der Waals surface area contributed by atoms with Crippen LogP contribution in [0.15, 0.2) is 23.1 Å². The Balaban J connectivity index is 2.19. The summed E-state index contributed by atoms with van der Waals surface area (Å²) in [4.78, 5) is 11.3. The number of carbonyl (C=O) groups excluding carboxylic acids is 1. The van der Waals surface area contributed by atoms with E-state index in [-0.39, 0.29) is 16.8 Å². The molecular formula is C15H22N2O4S. The second kappa shape index (κ2) is 6.66. The van der Waals surface area contributed by atoms with Crippen LogP contribution >= 0.6 is 0 Å². The molecule has 1 heterocycles. The van der Waals surface area contributed by atoms with E-state index in [1.165, 1.54) is 18.3 Å². The second-order valence-corrected chi connectivity index (χ2v) is 7.44. The lowest BCUT2D eigenvalue weighted by molar-refractivity contribution is -0.119. The molecule has 7 heteroatoms. The number of benzene rings is 1. The molecule has 1 N–H and O–H groups in total. The number of rotatable bonds is 4. The number of carbonyl (C=O) groups is 1. The first-order valence-corrected chi connectivity index (χ1v) is 8.70. The maximum absolute atomic E-state index is 12.8. The number of nitrogens with one attached hydrogen (secondary N) is 1. The van der Waals surface area contributed by atoms with E-state index in [1.807, 2.05) is 13.0 Å². The topological polar surface area (TPSA) is 75.7 Å². The molecule has 122 valence electrons. The smallest absolute Gasteiger partial charge is 0.246 e. The average Bonchev–Trinajstić information content (AvgIpc) is 2.47. The number of hydrogen-bond donors (Lipinski definition) is 1. The van der Waals surface area contributed by atoms with Gasteiger partial charge in [-0.15, -0.1) is 0 Å². The standard InChI is InChI=1S/C15H22N2O4S/c1-11-4-5-14(21-3)15(10-11)22(19,20)17-8-6-13(7-9-17)16-12(2)18/h4-5,10,13H,6-9H2,1-3H3,(H,16,18). The molecule has 6 nitrogen and oxygen atoms in total. The van der Waals surface area contributed by atoms with E-state index < -0.39 is 10.0 Å². The molecule has 1 saturated heterocycles. The highest BCUT2D eigenvalue weighted by molar-refractivity contribution is 7.89. The summed E-state index contributed by atoms with van der Waals surface area (Å²) in [6, 6.07) is 5.17. The fraction of sp³-hybridized carbons (Fsp3) is 0.533. The van der Waals surface area contributed by atoms with Crippen molar-refractivity contribution in [3.63, 3.8) is 0 Å². The Morgan fingerprint density at radius 1 is 1.32 bits per heavy atom. The molecule has 0 spiro atoms. The summed E-state index contributed by atoms with van der Waals surface area (Å²) in [7, 11) is -2.12. The summed E-state index contributed by atoms with van der Waals surface area (Å²) < 4.78 is 32.3. The van der Waals surface area contributed by atoms with Crippen LogP contribution in [0.2, 0.25) is 0 Å². The van der Waals surface area contributed by atoms with Gasteiger partial charge in [-0.1, -0.05) is 6.07 Å². The number of amides is 1. The van der Waals surface area contributed by atoms with Gasteiger partial charge in [-0.25, -0.2) is 8.42 Å². The zero-order valence-electron chi connectivity index (χ0n) is 13.1. The van der Waals surface area contributed by atoms with E-state index in [0.29, 0.717) is 31.7 Å². The molecule has 1 amide bonds. The highest BCUT2D eigenvalue weighted by Crippen LogP contribution is 2.29. The zero-order valence-corrected chi connectivity index (χ0v) is 13.9. The van der Waals surface area contributed by atoms with Gasteiger partial charge in [0.2, 0.25) is 15.9 Å². The van der Waals surface area contributed by atoms with Crippen LogP contribution in [0.5, 0.6) is 5.75 Å². The first-order valence-electron chi connectivity index (χ1n) is 7.26. The first-order chi connectivity index (χ1) is 10.3. The number of piperidine rings is 1. The lowest BCUT2D eigenvalue weighted by Crippen LogP contribution is -2.46. The first kappa shape index (κ1) is 16.8. The Morgan fingerprint density at radius 2 is 1.95 bits per heavy atom. The van der Waals surface area contributed by atoms with Gasteiger partial charge in [-0.05, 0) is 37.5 Å². The summed E-state index contributed by atoms with van der Waals surface area (Å²) in [5.74, 6) is 0.274. The van der Waals surface area contributed by atoms with Crippen molar-refractivity contribution >= 4 is 15.9 Å². The molecule has 1 aliphatic rings. The van der Waals surface area contributed by atoms with Crippen molar-refractivity contribution < 1.29 is 17.9 Å². The Morgan fingerprint density at radius 3 is 2.50 bits per heavy atom. The summed E-state index contributed by atoms with van der Waals surface area (Å²) in [5, 5.41) is 2.84. The van der Waals surface area contributed by atoms with E-state index in [0.717, 1.165) is 5.56 Å². The third-order valence-electron chi connectivity index (χ3n) is 3.80. The van der Waals surface area contributed by atoms with Crippen molar-refractivity contribution in [2.45, 2.75) is 37.6 Å². The third-order valence-corrected chi connectivity index (χ3v) is 5.72. The summed E-state index contributed by atoms with van der Waals surface area (Å²) >= 11 is 0. The molecule has 2 rings (SSSR count). The van der Waals surface area contributed by atoms with Gasteiger partial charge in [0.25, 0.3) is 0 Å². The van der Waals surface area contributed by atoms with Crippen LogP contribution in [0.4, 0.5) is 0 Å². The van der Waals surface area contributed by atoms with Crippen LogP contribution < -0.4 is 10.1 Å². The molecule has 0 unspecified atom stereocenters. The van der Waals surface area contributed by atoms with Crippen LogP contribution in [0.3, 0.4) is 0 Å². The Bertz CT molecular complexity index is 650. The molecular weight excluding hydrogens is 304 g/mol. The van der Waals surface area contributed by atoms with E-state index >= 15 is 0 Å². The maximum Gasteiger partial charge on any atom is 0.246 e. The summed E-state index contributed by atoms with van der Waals surface area (Å²) in [6.07, 6.45) is 1.24. The molecule has 0 aliphatic carbocycles. The number of methoxy groups -OCH3 is 1. The van der Waals surface area contributed by atoms with E-state index in [2.05, 4.69) is 5.32 Å². The largest absolute Gasteiger partial charge is 0.495 e. The quantitative estimate of drug-likeness (QED) is 0.905. The molecule has 0 aromatic heterocycles. The Labute approximate surface area is 131 Å². The number of ether oxygens (including phenoxy) is 1. The Hall–Kier alpha value is -1.60. The maximum atomic E-state index is 12.8. The van der Waals surface area contributed by atoms with Gasteiger partial charge in [0.15, 0.2) is 0 Å². The fourth-order valence-corrected chi connectivity index (χ4v) is 4.36. The van der Waals surface area contributed by atoms with Gasteiger partial charge in [0.05, 0.1) is 7.11 Å². The third kappa shape index (κ3) is 3.59. The molecule has 1 aliphatic heterocycles. The fourth-order valence-electron chi connectivity index (χ4n) is 2.65. The number of sulfonamides is 1. The minimum Gasteiger partial charge on any atom is -0.495 e. The molecule has 1 aromatic carbocycles. The van der Waals surface area contributed by atoms with Crippen molar-refractivity contribution in [1.29, 1.82) is 0 Å². The molecule has 0 radical (unpaired) electrons. The van der Waals surface area contributed by atoms with Gasteiger partial charge < -0.3 is 10.1 Å². The van der Waals surface area contributed by atoms with Crippen molar-refractivity contribution in [2.75, 3.05) is 20.2 Å². The zero-order chi connectivity index (χ0) is 16.3. The molecule has 0 bridgehead atoms. The highest BCUT2D eigenvalue weighted by atomic mass is 32.2. The van der Waals surface area contributed by atoms with Gasteiger partial charge in [-0.3, -0.25) is 4.79 Å². The number of aryl methyl sites for hydroxylation is 1. The Kier molecular flexibility index (Phi) is 5.08. The average molecular weight is 326 g/mol. The van der Waals surface area contributed by atoms with Gasteiger partial charge in [0, 0.05) is 26.1 Å². The van der Waals surface area contributed by atoms with E-state index in [9.17, 15) is 13.2 Å². The lowest BCUT2D eigenvalue weighted by Gasteiger charge is -2.31. The molecule has 22 heavy (non-hydrogen) atoms. The van der Waals surface area contributed by atoms with Crippen molar-refractivity contribution in [2.24, 2.45) is 0 Å². The van der Waals surface area contributed by atoms with Crippen molar-refractivity contribution in [3.8, 4) is 5.75 Å². The molecule has 1 fully saturated rings. The van der Waals surface area contributed by atoms with Crippen LogP contribution in [0, 0.1) is 6.92 Å². The van der Waals surface area contributed by atoms with Crippen LogP contribution in [-0.4, -0.2) is 44.9 Å². The monoisotopic (exact) mass is 326 g/mol. The van der Waals surface area contributed by atoms with Gasteiger partial charge >= 0.3 is 0 Å². The number of hydrogen-bond acceptors (Lipinski definition) is 4. The predicted octanol–water partition coefficient (Wildman–Crippen LogP) is 1.29. The van der Waals surface area contributed by atoms with E-state index in [1.54, 1.807) is 12.1 Å². The minimum atomic E-state index is -3.58.